The van der Waals surface area contributed by atoms with Crippen LogP contribution >= 0.6 is 11.3 Å². The van der Waals surface area contributed by atoms with E-state index in [0.29, 0.717) is 13.1 Å². The van der Waals surface area contributed by atoms with Crippen molar-refractivity contribution in [2.45, 2.75) is 12.8 Å². The smallest absolute Gasteiger partial charge is 0.233 e. The Kier molecular flexibility index (Phi) is 4.55. The Balaban J connectivity index is 2.28. The molecule has 1 atom stereocenters. The van der Waals surface area contributed by atoms with Crippen LogP contribution < -0.4 is 10.6 Å². The number of nitrogens with zero attached hydrogens (tertiary/aromatic N) is 1. The van der Waals surface area contributed by atoms with Crippen molar-refractivity contribution in [3.63, 3.8) is 0 Å². The molecule has 1 rings (SSSR count). The quantitative estimate of drug-likeness (QED) is 0.752. The molecule has 0 fully saturated rings. The Morgan fingerprint density at radius 1 is 1.71 bits per heavy atom. The zero-order chi connectivity index (χ0) is 10.4. The van der Waals surface area contributed by atoms with Crippen molar-refractivity contribution in [2.75, 3.05) is 20.1 Å². The van der Waals surface area contributed by atoms with E-state index in [-0.39, 0.29) is 11.8 Å². The monoisotopic (exact) mass is 213 g/mol. The van der Waals surface area contributed by atoms with Crippen LogP contribution in [0.15, 0.2) is 11.6 Å². The summed E-state index contributed by atoms with van der Waals surface area (Å²) in [5, 5.41) is 8.65. The number of carbonyl (C=O) groups excluding carboxylic acids is 1. The van der Waals surface area contributed by atoms with Gasteiger partial charge in [0, 0.05) is 24.0 Å². The fourth-order valence-corrected chi connectivity index (χ4v) is 1.75. The first-order chi connectivity index (χ1) is 6.74. The van der Waals surface area contributed by atoms with Gasteiger partial charge < -0.3 is 10.6 Å². The van der Waals surface area contributed by atoms with Gasteiger partial charge in [0.1, 0.15) is 0 Å². The summed E-state index contributed by atoms with van der Waals surface area (Å²) >= 11 is 1.62. The van der Waals surface area contributed by atoms with Crippen LogP contribution in [-0.4, -0.2) is 31.0 Å². The maximum Gasteiger partial charge on any atom is 0.233 e. The SMILES string of the molecule is CNCC(=O)NCC(C)c1nccs1. The second kappa shape index (κ2) is 5.72. The third-order valence-electron chi connectivity index (χ3n) is 1.82. The van der Waals surface area contributed by atoms with Gasteiger partial charge in [0.15, 0.2) is 0 Å². The number of nitrogens with one attached hydrogen (secondary N) is 2. The first-order valence-electron chi connectivity index (χ1n) is 4.54. The Labute approximate surface area is 87.7 Å². The van der Waals surface area contributed by atoms with E-state index >= 15 is 0 Å². The van der Waals surface area contributed by atoms with Gasteiger partial charge in [-0.05, 0) is 7.05 Å². The number of amides is 1. The van der Waals surface area contributed by atoms with E-state index in [9.17, 15) is 4.79 Å². The molecule has 4 nitrogen and oxygen atoms in total. The first kappa shape index (κ1) is 11.1. The number of thiazole rings is 1. The van der Waals surface area contributed by atoms with Crippen LogP contribution in [0.3, 0.4) is 0 Å². The van der Waals surface area contributed by atoms with Gasteiger partial charge in [0.2, 0.25) is 5.91 Å². The van der Waals surface area contributed by atoms with E-state index in [2.05, 4.69) is 22.5 Å². The molecule has 1 amide bonds. The summed E-state index contributed by atoms with van der Waals surface area (Å²) in [6, 6.07) is 0. The number of hydrogen-bond donors (Lipinski definition) is 2. The molecule has 0 aliphatic rings. The number of carbonyl (C=O) groups is 1. The summed E-state index contributed by atoms with van der Waals surface area (Å²) in [6.45, 7) is 3.07. The van der Waals surface area contributed by atoms with E-state index in [0.717, 1.165) is 5.01 Å². The van der Waals surface area contributed by atoms with Crippen molar-refractivity contribution in [2.24, 2.45) is 0 Å². The molecular formula is C9H15N3OS. The highest BCUT2D eigenvalue weighted by molar-refractivity contribution is 7.09. The predicted octanol–water partition coefficient (Wildman–Crippen LogP) is 0.582. The van der Waals surface area contributed by atoms with Crippen LogP contribution in [0.4, 0.5) is 0 Å². The molecule has 0 bridgehead atoms. The fourth-order valence-electron chi connectivity index (χ4n) is 1.06. The van der Waals surface area contributed by atoms with Gasteiger partial charge in [0.05, 0.1) is 11.6 Å². The van der Waals surface area contributed by atoms with Gasteiger partial charge >= 0.3 is 0 Å². The van der Waals surface area contributed by atoms with Gasteiger partial charge in [-0.2, -0.15) is 0 Å². The molecule has 0 aliphatic carbocycles. The van der Waals surface area contributed by atoms with Crippen molar-refractivity contribution >= 4 is 17.2 Å². The molecule has 0 aromatic carbocycles. The van der Waals surface area contributed by atoms with Gasteiger partial charge in [-0.1, -0.05) is 6.92 Å². The number of likely N-dealkylation sites (N-methyl/N-ethyl adjacent to an activating group) is 1. The number of hydrogen-bond acceptors (Lipinski definition) is 4. The summed E-state index contributed by atoms with van der Waals surface area (Å²) in [5.74, 6) is 0.312. The molecule has 0 saturated heterocycles. The molecule has 0 aliphatic heterocycles. The molecule has 5 heteroatoms. The van der Waals surface area contributed by atoms with Crippen LogP contribution in [0.1, 0.15) is 17.8 Å². The number of rotatable bonds is 5. The van der Waals surface area contributed by atoms with Gasteiger partial charge in [-0.25, -0.2) is 4.98 Å². The zero-order valence-corrected chi connectivity index (χ0v) is 9.23. The maximum absolute atomic E-state index is 11.1. The van der Waals surface area contributed by atoms with Crippen molar-refractivity contribution < 1.29 is 4.79 Å². The van der Waals surface area contributed by atoms with Crippen molar-refractivity contribution in [3.8, 4) is 0 Å². The van der Waals surface area contributed by atoms with Crippen LogP contribution in [0.25, 0.3) is 0 Å². The fraction of sp³-hybridized carbons (Fsp3) is 0.556. The topological polar surface area (TPSA) is 54.0 Å². The summed E-state index contributed by atoms with van der Waals surface area (Å²) in [7, 11) is 1.75. The van der Waals surface area contributed by atoms with Gasteiger partial charge in [-0.15, -0.1) is 11.3 Å². The Morgan fingerprint density at radius 3 is 3.07 bits per heavy atom. The van der Waals surface area contributed by atoms with E-state index in [1.54, 1.807) is 24.6 Å². The lowest BCUT2D eigenvalue weighted by Crippen LogP contribution is -2.34. The zero-order valence-electron chi connectivity index (χ0n) is 8.41. The Hall–Kier alpha value is -0.940. The van der Waals surface area contributed by atoms with Crippen LogP contribution in [-0.2, 0) is 4.79 Å². The maximum atomic E-state index is 11.1. The molecule has 78 valence electrons. The lowest BCUT2D eigenvalue weighted by Gasteiger charge is -2.09. The molecule has 1 aromatic rings. The normalized spacial score (nSPS) is 12.4. The van der Waals surface area contributed by atoms with Crippen molar-refractivity contribution in [3.05, 3.63) is 16.6 Å². The molecular weight excluding hydrogens is 198 g/mol. The van der Waals surface area contributed by atoms with Crippen molar-refractivity contribution in [1.29, 1.82) is 0 Å². The molecule has 0 spiro atoms. The minimum absolute atomic E-state index is 0.0240. The van der Waals surface area contributed by atoms with E-state index in [1.165, 1.54) is 0 Å². The predicted molar refractivity (Wildman–Crippen MR) is 57.5 cm³/mol. The summed E-state index contributed by atoms with van der Waals surface area (Å²) < 4.78 is 0. The van der Waals surface area contributed by atoms with Crippen LogP contribution in [0.2, 0.25) is 0 Å². The molecule has 0 radical (unpaired) electrons. The minimum Gasteiger partial charge on any atom is -0.354 e. The highest BCUT2D eigenvalue weighted by Crippen LogP contribution is 2.15. The molecule has 14 heavy (non-hydrogen) atoms. The average molecular weight is 213 g/mol. The molecule has 1 aromatic heterocycles. The molecule has 2 N–H and O–H groups in total. The second-order valence-corrected chi connectivity index (χ2v) is 4.03. The van der Waals surface area contributed by atoms with E-state index in [4.69, 9.17) is 0 Å². The lowest BCUT2D eigenvalue weighted by atomic mass is 10.2. The summed E-state index contributed by atoms with van der Waals surface area (Å²) in [5.41, 5.74) is 0. The van der Waals surface area contributed by atoms with Crippen LogP contribution in [0.5, 0.6) is 0 Å². The summed E-state index contributed by atoms with van der Waals surface area (Å²) in [4.78, 5) is 15.3. The standard InChI is InChI=1S/C9H15N3OS/c1-7(9-11-3-4-14-9)5-12-8(13)6-10-2/h3-4,7,10H,5-6H2,1-2H3,(H,12,13). The molecule has 1 heterocycles. The minimum atomic E-state index is 0.0240. The third-order valence-corrected chi connectivity index (χ3v) is 2.82. The average Bonchev–Trinajstić information content (AvgIpc) is 2.67. The first-order valence-corrected chi connectivity index (χ1v) is 5.42. The highest BCUT2D eigenvalue weighted by atomic mass is 32.1. The van der Waals surface area contributed by atoms with Gasteiger partial charge in [0.25, 0.3) is 0 Å². The van der Waals surface area contributed by atoms with Gasteiger partial charge in [-0.3, -0.25) is 4.79 Å². The van der Waals surface area contributed by atoms with E-state index < -0.39 is 0 Å². The Bertz CT molecular complexity index is 274. The Morgan fingerprint density at radius 2 is 2.50 bits per heavy atom. The van der Waals surface area contributed by atoms with Crippen molar-refractivity contribution in [1.82, 2.24) is 15.6 Å². The second-order valence-electron chi connectivity index (χ2n) is 3.11. The third kappa shape index (κ3) is 3.43. The lowest BCUT2D eigenvalue weighted by molar-refractivity contribution is -0.120. The van der Waals surface area contributed by atoms with E-state index in [1.807, 2.05) is 5.38 Å². The van der Waals surface area contributed by atoms with Crippen LogP contribution in [0, 0.1) is 0 Å². The summed E-state index contributed by atoms with van der Waals surface area (Å²) in [6.07, 6.45) is 1.78. The highest BCUT2D eigenvalue weighted by Gasteiger charge is 2.08. The number of aromatic nitrogens is 1. The molecule has 0 saturated carbocycles. The largest absolute Gasteiger partial charge is 0.354 e. The molecule has 1 unspecified atom stereocenters.